The Labute approximate surface area is 179 Å². The smallest absolute Gasteiger partial charge is 0.338 e. The van der Waals surface area contributed by atoms with E-state index < -0.39 is 0 Å². The molecule has 0 amide bonds. The van der Waals surface area contributed by atoms with Crippen molar-refractivity contribution >= 4 is 23.8 Å². The molecule has 0 aliphatic heterocycles. The molecule has 0 radical (unpaired) electrons. The van der Waals surface area contributed by atoms with Crippen LogP contribution in [-0.2, 0) is 23.2 Å². The summed E-state index contributed by atoms with van der Waals surface area (Å²) in [6, 6.07) is 14.1. The van der Waals surface area contributed by atoms with Gasteiger partial charge in [0, 0.05) is 12.1 Å². The molecule has 0 aliphatic rings. The molecule has 0 saturated heterocycles. The number of hydrogen-bond acceptors (Lipinski definition) is 6. The van der Waals surface area contributed by atoms with E-state index >= 15 is 0 Å². The van der Waals surface area contributed by atoms with Crippen molar-refractivity contribution in [3.63, 3.8) is 0 Å². The standard InChI is InChI=1S/C22H22ClN3O4/c1-4-28-22(27)17-7-5-16(6-8-17)14-29-24-13-20-15(2)25-26(3)21(20)30-19-11-9-18(23)10-12-19/h5-13H,4,14H2,1-3H3/b24-13+. The van der Waals surface area contributed by atoms with E-state index in [1.54, 1.807) is 73.4 Å². The summed E-state index contributed by atoms with van der Waals surface area (Å²) in [5.74, 6) is 0.837. The van der Waals surface area contributed by atoms with Gasteiger partial charge in [-0.3, -0.25) is 0 Å². The molecule has 1 heterocycles. The van der Waals surface area contributed by atoms with Crippen molar-refractivity contribution in [1.29, 1.82) is 0 Å². The van der Waals surface area contributed by atoms with Crippen LogP contribution in [0.1, 0.15) is 34.1 Å². The number of aryl methyl sites for hydroxylation is 2. The zero-order valence-electron chi connectivity index (χ0n) is 17.0. The zero-order valence-corrected chi connectivity index (χ0v) is 17.7. The molecule has 156 valence electrons. The van der Waals surface area contributed by atoms with Crippen LogP contribution >= 0.6 is 11.6 Å². The molecular formula is C22H22ClN3O4. The van der Waals surface area contributed by atoms with Gasteiger partial charge in [0.1, 0.15) is 12.4 Å². The largest absolute Gasteiger partial charge is 0.462 e. The fourth-order valence-electron chi connectivity index (χ4n) is 2.69. The van der Waals surface area contributed by atoms with Crippen molar-refractivity contribution in [1.82, 2.24) is 9.78 Å². The molecule has 3 rings (SSSR count). The SMILES string of the molecule is CCOC(=O)c1ccc(CO/N=C/c2c(C)nn(C)c2Oc2ccc(Cl)cc2)cc1. The van der Waals surface area contributed by atoms with Crippen LogP contribution in [0.15, 0.2) is 53.7 Å². The summed E-state index contributed by atoms with van der Waals surface area (Å²) < 4.78 is 12.5. The number of oxime groups is 1. The van der Waals surface area contributed by atoms with E-state index in [-0.39, 0.29) is 12.6 Å². The Kier molecular flexibility index (Phi) is 7.08. The molecule has 30 heavy (non-hydrogen) atoms. The second-order valence-electron chi connectivity index (χ2n) is 6.41. The van der Waals surface area contributed by atoms with E-state index in [1.165, 1.54) is 0 Å². The van der Waals surface area contributed by atoms with Crippen LogP contribution < -0.4 is 4.74 Å². The maximum Gasteiger partial charge on any atom is 0.338 e. The van der Waals surface area contributed by atoms with Gasteiger partial charge in [0.2, 0.25) is 5.88 Å². The summed E-state index contributed by atoms with van der Waals surface area (Å²) in [6.07, 6.45) is 1.57. The molecular weight excluding hydrogens is 406 g/mol. The maximum absolute atomic E-state index is 11.7. The molecule has 8 heteroatoms. The molecule has 0 aliphatic carbocycles. The van der Waals surface area contributed by atoms with E-state index in [9.17, 15) is 4.79 Å². The van der Waals surface area contributed by atoms with Crippen molar-refractivity contribution in [3.05, 3.63) is 75.9 Å². The van der Waals surface area contributed by atoms with Crippen LogP contribution in [0.25, 0.3) is 0 Å². The highest BCUT2D eigenvalue weighted by Gasteiger charge is 2.14. The number of halogens is 1. The quantitative estimate of drug-likeness (QED) is 0.290. The van der Waals surface area contributed by atoms with E-state index in [0.717, 1.165) is 11.3 Å². The molecule has 0 atom stereocenters. The van der Waals surface area contributed by atoms with Gasteiger partial charge in [0.15, 0.2) is 0 Å². The van der Waals surface area contributed by atoms with Crippen molar-refractivity contribution in [2.24, 2.45) is 12.2 Å². The fraction of sp³-hybridized carbons (Fsp3) is 0.227. The number of aromatic nitrogens is 2. The van der Waals surface area contributed by atoms with Gasteiger partial charge in [0.25, 0.3) is 0 Å². The maximum atomic E-state index is 11.7. The monoisotopic (exact) mass is 427 g/mol. The van der Waals surface area contributed by atoms with Gasteiger partial charge in [-0.05, 0) is 55.8 Å². The highest BCUT2D eigenvalue weighted by atomic mass is 35.5. The van der Waals surface area contributed by atoms with Gasteiger partial charge in [-0.15, -0.1) is 0 Å². The summed E-state index contributed by atoms with van der Waals surface area (Å²) in [4.78, 5) is 17.1. The van der Waals surface area contributed by atoms with E-state index in [0.29, 0.717) is 34.4 Å². The van der Waals surface area contributed by atoms with Crippen molar-refractivity contribution in [2.45, 2.75) is 20.5 Å². The average Bonchev–Trinajstić information content (AvgIpc) is 3.00. The summed E-state index contributed by atoms with van der Waals surface area (Å²) in [5, 5.41) is 9.05. The van der Waals surface area contributed by atoms with E-state index in [4.69, 9.17) is 25.9 Å². The molecule has 0 unspecified atom stereocenters. The predicted molar refractivity (Wildman–Crippen MR) is 114 cm³/mol. The minimum Gasteiger partial charge on any atom is -0.462 e. The van der Waals surface area contributed by atoms with E-state index in [1.807, 2.05) is 6.92 Å². The second kappa shape index (κ2) is 9.93. The van der Waals surface area contributed by atoms with Crippen LogP contribution in [0.3, 0.4) is 0 Å². The number of ether oxygens (including phenoxy) is 2. The Hall–Kier alpha value is -3.32. The average molecular weight is 428 g/mol. The predicted octanol–water partition coefficient (Wildman–Crippen LogP) is 4.90. The van der Waals surface area contributed by atoms with E-state index in [2.05, 4.69) is 10.3 Å². The molecule has 0 bridgehead atoms. The van der Waals surface area contributed by atoms with Gasteiger partial charge in [0.05, 0.1) is 29.6 Å². The van der Waals surface area contributed by atoms with Gasteiger partial charge < -0.3 is 14.3 Å². The van der Waals surface area contributed by atoms with Crippen molar-refractivity contribution in [3.8, 4) is 11.6 Å². The number of carbonyl (C=O) groups is 1. The van der Waals surface area contributed by atoms with Crippen LogP contribution in [0.5, 0.6) is 11.6 Å². The number of nitrogens with zero attached hydrogens (tertiary/aromatic N) is 3. The third-order valence-corrected chi connectivity index (χ3v) is 4.45. The number of rotatable bonds is 8. The highest BCUT2D eigenvalue weighted by molar-refractivity contribution is 6.30. The molecule has 3 aromatic rings. The third-order valence-electron chi connectivity index (χ3n) is 4.19. The first-order chi connectivity index (χ1) is 14.5. The van der Waals surface area contributed by atoms with Gasteiger partial charge in [-0.1, -0.05) is 28.9 Å². The number of carbonyl (C=O) groups excluding carboxylic acids is 1. The molecule has 7 nitrogen and oxygen atoms in total. The normalized spacial score (nSPS) is 10.9. The Morgan fingerprint density at radius 2 is 1.87 bits per heavy atom. The second-order valence-corrected chi connectivity index (χ2v) is 6.85. The lowest BCUT2D eigenvalue weighted by atomic mass is 10.1. The van der Waals surface area contributed by atoms with Gasteiger partial charge >= 0.3 is 5.97 Å². The first-order valence-electron chi connectivity index (χ1n) is 9.36. The summed E-state index contributed by atoms with van der Waals surface area (Å²) in [6.45, 7) is 4.24. The van der Waals surface area contributed by atoms with Crippen LogP contribution in [0, 0.1) is 6.92 Å². The van der Waals surface area contributed by atoms with Crippen molar-refractivity contribution < 1.29 is 19.1 Å². The third kappa shape index (κ3) is 5.39. The topological polar surface area (TPSA) is 74.9 Å². The van der Waals surface area contributed by atoms with Crippen LogP contribution in [-0.4, -0.2) is 28.6 Å². The van der Waals surface area contributed by atoms with Gasteiger partial charge in [-0.2, -0.15) is 5.10 Å². The number of esters is 1. The van der Waals surface area contributed by atoms with Crippen LogP contribution in [0.4, 0.5) is 0 Å². The number of benzene rings is 2. The Morgan fingerprint density at radius 3 is 2.53 bits per heavy atom. The lowest BCUT2D eigenvalue weighted by Crippen LogP contribution is -2.04. The molecule has 1 aromatic heterocycles. The molecule has 0 saturated carbocycles. The zero-order chi connectivity index (χ0) is 21.5. The highest BCUT2D eigenvalue weighted by Crippen LogP contribution is 2.27. The minimum absolute atomic E-state index is 0.256. The first kappa shape index (κ1) is 21.4. The fourth-order valence-corrected chi connectivity index (χ4v) is 2.82. The Bertz CT molecular complexity index is 1030. The lowest BCUT2D eigenvalue weighted by Gasteiger charge is -2.07. The minimum atomic E-state index is -0.344. The summed E-state index contributed by atoms with van der Waals surface area (Å²) >= 11 is 5.92. The Morgan fingerprint density at radius 1 is 1.17 bits per heavy atom. The van der Waals surface area contributed by atoms with Crippen LogP contribution in [0.2, 0.25) is 5.02 Å². The van der Waals surface area contributed by atoms with Crippen molar-refractivity contribution in [2.75, 3.05) is 6.61 Å². The summed E-state index contributed by atoms with van der Waals surface area (Å²) in [7, 11) is 1.79. The lowest BCUT2D eigenvalue weighted by molar-refractivity contribution is 0.0526. The molecule has 0 spiro atoms. The molecule has 2 aromatic carbocycles. The Balaban J connectivity index is 1.63. The molecule has 0 fully saturated rings. The first-order valence-corrected chi connectivity index (χ1v) is 9.74. The van der Waals surface area contributed by atoms with Gasteiger partial charge in [-0.25, -0.2) is 9.48 Å². The number of hydrogen-bond donors (Lipinski definition) is 0. The molecule has 0 N–H and O–H groups in total. The summed E-state index contributed by atoms with van der Waals surface area (Å²) in [5.41, 5.74) is 2.84.